The minimum atomic E-state index is 0.153. The summed E-state index contributed by atoms with van der Waals surface area (Å²) in [5.41, 5.74) is 0.802. The zero-order chi connectivity index (χ0) is 11.5. The molecule has 0 aromatic carbocycles. The molecule has 1 aliphatic rings. The third-order valence-corrected chi connectivity index (χ3v) is 3.05. The molecule has 1 saturated heterocycles. The van der Waals surface area contributed by atoms with Gasteiger partial charge in [-0.1, -0.05) is 0 Å². The molecule has 1 unspecified atom stereocenters. The van der Waals surface area contributed by atoms with Crippen LogP contribution in [0.4, 0.5) is 0 Å². The van der Waals surface area contributed by atoms with Gasteiger partial charge >= 0.3 is 0 Å². The fraction of sp³-hybridized carbons (Fsp3) is 0.583. The summed E-state index contributed by atoms with van der Waals surface area (Å²) in [7, 11) is 0. The maximum absolute atomic E-state index is 12.3. The summed E-state index contributed by atoms with van der Waals surface area (Å²) in [4.78, 5) is 14.2. The lowest BCUT2D eigenvalue weighted by Crippen LogP contribution is -2.51. The first kappa shape index (κ1) is 11.2. The van der Waals surface area contributed by atoms with E-state index in [0.717, 1.165) is 31.9 Å². The molecule has 1 aromatic heterocycles. The molecule has 0 saturated carbocycles. The molecular weight excluding hydrogens is 202 g/mol. The van der Waals surface area contributed by atoms with Crippen LogP contribution in [-0.4, -0.2) is 41.1 Å². The maximum Gasteiger partial charge on any atom is 0.270 e. The molecular formula is C12H19N3O. The van der Waals surface area contributed by atoms with Crippen LogP contribution >= 0.6 is 0 Å². The van der Waals surface area contributed by atoms with Gasteiger partial charge in [0.15, 0.2) is 0 Å². The fourth-order valence-electron chi connectivity index (χ4n) is 2.16. The van der Waals surface area contributed by atoms with Crippen LogP contribution in [0.25, 0.3) is 0 Å². The molecule has 1 N–H and O–H groups in total. The van der Waals surface area contributed by atoms with E-state index >= 15 is 0 Å². The quantitative estimate of drug-likeness (QED) is 0.807. The number of nitrogens with one attached hydrogen (secondary N) is 1. The highest BCUT2D eigenvalue weighted by atomic mass is 16.2. The van der Waals surface area contributed by atoms with Crippen molar-refractivity contribution >= 4 is 5.91 Å². The van der Waals surface area contributed by atoms with Crippen LogP contribution in [0.3, 0.4) is 0 Å². The van der Waals surface area contributed by atoms with Gasteiger partial charge in [-0.3, -0.25) is 4.79 Å². The Morgan fingerprint density at radius 3 is 3.12 bits per heavy atom. The van der Waals surface area contributed by atoms with Gasteiger partial charge in [0, 0.05) is 38.4 Å². The van der Waals surface area contributed by atoms with E-state index in [4.69, 9.17) is 0 Å². The van der Waals surface area contributed by atoms with Gasteiger partial charge in [-0.15, -0.1) is 0 Å². The second-order valence-electron chi connectivity index (χ2n) is 4.29. The normalized spacial score (nSPS) is 21.1. The summed E-state index contributed by atoms with van der Waals surface area (Å²) >= 11 is 0. The first-order valence-electron chi connectivity index (χ1n) is 5.90. The second-order valence-corrected chi connectivity index (χ2v) is 4.29. The van der Waals surface area contributed by atoms with Gasteiger partial charge in [0.1, 0.15) is 5.69 Å². The van der Waals surface area contributed by atoms with Gasteiger partial charge < -0.3 is 14.8 Å². The summed E-state index contributed by atoms with van der Waals surface area (Å²) in [5, 5.41) is 3.34. The highest BCUT2D eigenvalue weighted by Gasteiger charge is 2.23. The number of nitrogens with zero attached hydrogens (tertiary/aromatic N) is 2. The Morgan fingerprint density at radius 1 is 1.62 bits per heavy atom. The van der Waals surface area contributed by atoms with E-state index in [1.54, 1.807) is 0 Å². The van der Waals surface area contributed by atoms with Crippen LogP contribution in [0.5, 0.6) is 0 Å². The molecule has 0 bridgehead atoms. The molecule has 1 aromatic rings. The second kappa shape index (κ2) is 4.70. The van der Waals surface area contributed by atoms with Gasteiger partial charge in [-0.2, -0.15) is 0 Å². The summed E-state index contributed by atoms with van der Waals surface area (Å²) in [5.74, 6) is 0.153. The maximum atomic E-state index is 12.3. The number of piperazine rings is 1. The zero-order valence-electron chi connectivity index (χ0n) is 9.94. The number of aryl methyl sites for hydroxylation is 1. The average molecular weight is 221 g/mol. The molecule has 88 valence electrons. The molecule has 0 radical (unpaired) electrons. The third-order valence-electron chi connectivity index (χ3n) is 3.05. The smallest absolute Gasteiger partial charge is 0.270 e. The van der Waals surface area contributed by atoms with E-state index in [1.807, 2.05) is 27.8 Å². The Labute approximate surface area is 96.2 Å². The van der Waals surface area contributed by atoms with Gasteiger partial charge in [0.2, 0.25) is 0 Å². The number of hydrogen-bond acceptors (Lipinski definition) is 2. The van der Waals surface area contributed by atoms with Crippen LogP contribution < -0.4 is 5.32 Å². The Balaban J connectivity index is 2.12. The molecule has 1 fully saturated rings. The average Bonchev–Trinajstić information content (AvgIpc) is 2.76. The van der Waals surface area contributed by atoms with Crippen molar-refractivity contribution in [2.24, 2.45) is 0 Å². The van der Waals surface area contributed by atoms with Crippen LogP contribution in [0.1, 0.15) is 24.3 Å². The lowest BCUT2D eigenvalue weighted by molar-refractivity contribution is 0.0698. The van der Waals surface area contributed by atoms with E-state index in [2.05, 4.69) is 19.2 Å². The van der Waals surface area contributed by atoms with Crippen LogP contribution in [-0.2, 0) is 6.54 Å². The van der Waals surface area contributed by atoms with E-state index in [0.29, 0.717) is 6.04 Å². The fourth-order valence-corrected chi connectivity index (χ4v) is 2.16. The lowest BCUT2D eigenvalue weighted by atomic mass is 10.2. The molecule has 1 aliphatic heterocycles. The Hall–Kier alpha value is -1.29. The van der Waals surface area contributed by atoms with E-state index in [1.165, 1.54) is 0 Å². The monoisotopic (exact) mass is 221 g/mol. The van der Waals surface area contributed by atoms with Gasteiger partial charge in [0.05, 0.1) is 0 Å². The number of rotatable bonds is 2. The largest absolute Gasteiger partial charge is 0.344 e. The molecule has 4 heteroatoms. The highest BCUT2D eigenvalue weighted by molar-refractivity contribution is 5.92. The van der Waals surface area contributed by atoms with Crippen molar-refractivity contribution in [1.82, 2.24) is 14.8 Å². The summed E-state index contributed by atoms with van der Waals surface area (Å²) in [6, 6.07) is 4.23. The highest BCUT2D eigenvalue weighted by Crippen LogP contribution is 2.09. The summed E-state index contributed by atoms with van der Waals surface area (Å²) in [6.07, 6.45) is 1.96. The van der Waals surface area contributed by atoms with Crippen molar-refractivity contribution in [3.05, 3.63) is 24.0 Å². The lowest BCUT2D eigenvalue weighted by Gasteiger charge is -2.32. The third kappa shape index (κ3) is 2.11. The minimum Gasteiger partial charge on any atom is -0.344 e. The van der Waals surface area contributed by atoms with E-state index in [9.17, 15) is 4.79 Å². The number of amides is 1. The predicted octanol–water partition coefficient (Wildman–Crippen LogP) is 0.942. The first-order chi connectivity index (χ1) is 7.72. The molecule has 1 atom stereocenters. The van der Waals surface area contributed by atoms with Gasteiger partial charge in [-0.05, 0) is 26.0 Å². The zero-order valence-corrected chi connectivity index (χ0v) is 9.94. The van der Waals surface area contributed by atoms with Crippen molar-refractivity contribution in [3.63, 3.8) is 0 Å². The van der Waals surface area contributed by atoms with Gasteiger partial charge in [0.25, 0.3) is 5.91 Å². The SMILES string of the molecule is CCn1cccc1C(=O)N1CCNC(C)C1. The molecule has 0 spiro atoms. The molecule has 2 heterocycles. The number of hydrogen-bond donors (Lipinski definition) is 1. The van der Waals surface area contributed by atoms with E-state index in [-0.39, 0.29) is 5.91 Å². The van der Waals surface area contributed by atoms with Crippen molar-refractivity contribution < 1.29 is 4.79 Å². The molecule has 4 nitrogen and oxygen atoms in total. The van der Waals surface area contributed by atoms with Crippen molar-refractivity contribution in [3.8, 4) is 0 Å². The minimum absolute atomic E-state index is 0.153. The molecule has 1 amide bonds. The topological polar surface area (TPSA) is 37.3 Å². The Bertz CT molecular complexity index is 372. The summed E-state index contributed by atoms with van der Waals surface area (Å²) < 4.78 is 2.00. The van der Waals surface area contributed by atoms with Crippen molar-refractivity contribution in [1.29, 1.82) is 0 Å². The molecule has 16 heavy (non-hydrogen) atoms. The summed E-state index contributed by atoms with van der Waals surface area (Å²) in [6.45, 7) is 7.50. The number of carbonyl (C=O) groups is 1. The van der Waals surface area contributed by atoms with Crippen LogP contribution in [0, 0.1) is 0 Å². The van der Waals surface area contributed by atoms with Gasteiger partial charge in [-0.25, -0.2) is 0 Å². The number of carbonyl (C=O) groups excluding carboxylic acids is 1. The van der Waals surface area contributed by atoms with Crippen LogP contribution in [0.2, 0.25) is 0 Å². The van der Waals surface area contributed by atoms with E-state index < -0.39 is 0 Å². The standard InChI is InChI=1S/C12H19N3O/c1-3-14-7-4-5-11(14)12(16)15-8-6-13-10(2)9-15/h4-5,7,10,13H,3,6,8-9H2,1-2H3. The molecule has 2 rings (SSSR count). The Morgan fingerprint density at radius 2 is 2.44 bits per heavy atom. The number of aromatic nitrogens is 1. The van der Waals surface area contributed by atoms with Crippen molar-refractivity contribution in [2.75, 3.05) is 19.6 Å². The Kier molecular flexibility index (Phi) is 3.29. The van der Waals surface area contributed by atoms with Crippen molar-refractivity contribution in [2.45, 2.75) is 26.4 Å². The predicted molar refractivity (Wildman–Crippen MR) is 63.5 cm³/mol. The molecule has 0 aliphatic carbocycles. The van der Waals surface area contributed by atoms with Crippen LogP contribution in [0.15, 0.2) is 18.3 Å². The first-order valence-corrected chi connectivity index (χ1v) is 5.90.